The van der Waals surface area contributed by atoms with E-state index in [0.29, 0.717) is 0 Å². The molecule has 1 heterocycles. The Balaban J connectivity index is 1.80. The van der Waals surface area contributed by atoms with Crippen molar-refractivity contribution in [3.05, 3.63) is 108 Å². The van der Waals surface area contributed by atoms with E-state index in [1.807, 2.05) is 61.7 Å². The predicted molar refractivity (Wildman–Crippen MR) is 137 cm³/mol. The third-order valence-electron chi connectivity index (χ3n) is 6.54. The zero-order valence-corrected chi connectivity index (χ0v) is 20.1. The predicted octanol–water partition coefficient (Wildman–Crippen LogP) is 7.67. The monoisotopic (exact) mass is 430 g/mol. The minimum absolute atomic E-state index is 0.210. The Morgan fingerprint density at radius 3 is 2.41 bits per heavy atom. The SMILES string of the molecule is C=C(/C=C/C=C/C=C1/N(C(C)F)c2ccccc2C1(C)C)C(C)(C)c1ccccc1NC. The zero-order valence-electron chi connectivity index (χ0n) is 20.1. The minimum Gasteiger partial charge on any atom is -0.388 e. The highest BCUT2D eigenvalue weighted by Crippen LogP contribution is 2.48. The van der Waals surface area contributed by atoms with E-state index < -0.39 is 6.30 Å². The number of fused-ring (bicyclic) bond motifs is 1. The molecular formula is C29H35FN2. The summed E-state index contributed by atoms with van der Waals surface area (Å²) < 4.78 is 14.5. The molecule has 1 N–H and O–H groups in total. The summed E-state index contributed by atoms with van der Waals surface area (Å²) in [5.41, 5.74) is 5.92. The highest BCUT2D eigenvalue weighted by molar-refractivity contribution is 5.71. The number of anilines is 2. The number of benzene rings is 2. The van der Waals surface area contributed by atoms with Gasteiger partial charge in [-0.25, -0.2) is 4.39 Å². The Morgan fingerprint density at radius 1 is 1.06 bits per heavy atom. The molecule has 2 nitrogen and oxygen atoms in total. The largest absolute Gasteiger partial charge is 0.388 e. The van der Waals surface area contributed by atoms with Crippen molar-refractivity contribution < 1.29 is 4.39 Å². The first-order valence-electron chi connectivity index (χ1n) is 11.2. The fourth-order valence-electron chi connectivity index (χ4n) is 4.46. The van der Waals surface area contributed by atoms with Gasteiger partial charge in [0.25, 0.3) is 0 Å². The van der Waals surface area contributed by atoms with Gasteiger partial charge in [0.05, 0.1) is 0 Å². The van der Waals surface area contributed by atoms with E-state index >= 15 is 0 Å². The van der Waals surface area contributed by atoms with Crippen molar-refractivity contribution in [3.8, 4) is 0 Å². The molecule has 0 bridgehead atoms. The van der Waals surface area contributed by atoms with Gasteiger partial charge in [0, 0.05) is 34.9 Å². The minimum atomic E-state index is -1.10. The van der Waals surface area contributed by atoms with Crippen LogP contribution in [0, 0.1) is 0 Å². The molecule has 3 heteroatoms. The smallest absolute Gasteiger partial charge is 0.173 e. The van der Waals surface area contributed by atoms with Crippen LogP contribution in [0.4, 0.5) is 15.8 Å². The Bertz CT molecular complexity index is 1070. The van der Waals surface area contributed by atoms with E-state index in [0.717, 1.165) is 28.2 Å². The number of hydrogen-bond donors (Lipinski definition) is 1. The lowest BCUT2D eigenvalue weighted by molar-refractivity contribution is 0.356. The highest BCUT2D eigenvalue weighted by Gasteiger charge is 2.41. The molecule has 0 aromatic heterocycles. The van der Waals surface area contributed by atoms with E-state index in [1.165, 1.54) is 5.56 Å². The van der Waals surface area contributed by atoms with Crippen molar-refractivity contribution in [2.24, 2.45) is 0 Å². The van der Waals surface area contributed by atoms with E-state index in [-0.39, 0.29) is 10.8 Å². The molecule has 2 aromatic rings. The van der Waals surface area contributed by atoms with Crippen LogP contribution in [0.15, 0.2) is 96.8 Å². The molecule has 32 heavy (non-hydrogen) atoms. The summed E-state index contributed by atoms with van der Waals surface area (Å²) in [5, 5.41) is 3.27. The van der Waals surface area contributed by atoms with Crippen LogP contribution in [0.1, 0.15) is 45.7 Å². The van der Waals surface area contributed by atoms with Crippen molar-refractivity contribution in [2.75, 3.05) is 17.3 Å². The first-order chi connectivity index (χ1) is 15.1. The third kappa shape index (κ3) is 4.29. The first-order valence-corrected chi connectivity index (χ1v) is 11.2. The maximum Gasteiger partial charge on any atom is 0.173 e. The highest BCUT2D eigenvalue weighted by atomic mass is 19.1. The summed E-state index contributed by atoms with van der Waals surface area (Å²) >= 11 is 0. The normalized spacial score (nSPS) is 17.8. The summed E-state index contributed by atoms with van der Waals surface area (Å²) in [5.74, 6) is 0. The van der Waals surface area contributed by atoms with E-state index in [1.54, 1.807) is 11.8 Å². The van der Waals surface area contributed by atoms with Crippen molar-refractivity contribution >= 4 is 11.4 Å². The molecule has 0 saturated carbocycles. The van der Waals surface area contributed by atoms with Gasteiger partial charge >= 0.3 is 0 Å². The van der Waals surface area contributed by atoms with Gasteiger partial charge < -0.3 is 10.2 Å². The molecule has 168 valence electrons. The summed E-state index contributed by atoms with van der Waals surface area (Å²) in [6, 6.07) is 16.4. The Kier molecular flexibility index (Phi) is 6.78. The molecule has 0 saturated heterocycles. The van der Waals surface area contributed by atoms with Crippen LogP contribution in [0.25, 0.3) is 0 Å². The Morgan fingerprint density at radius 2 is 1.72 bits per heavy atom. The lowest BCUT2D eigenvalue weighted by Gasteiger charge is -2.28. The van der Waals surface area contributed by atoms with Gasteiger partial charge in [0.15, 0.2) is 6.30 Å². The van der Waals surface area contributed by atoms with Gasteiger partial charge in [-0.05, 0) is 41.8 Å². The van der Waals surface area contributed by atoms with Crippen LogP contribution in [0.2, 0.25) is 0 Å². The molecule has 0 radical (unpaired) electrons. The van der Waals surface area contributed by atoms with Crippen LogP contribution in [-0.4, -0.2) is 13.3 Å². The van der Waals surface area contributed by atoms with Gasteiger partial charge in [0.2, 0.25) is 0 Å². The summed E-state index contributed by atoms with van der Waals surface area (Å²) in [4.78, 5) is 1.79. The van der Waals surface area contributed by atoms with E-state index in [9.17, 15) is 4.39 Å². The van der Waals surface area contributed by atoms with Gasteiger partial charge in [-0.1, -0.05) is 95.0 Å². The molecule has 1 unspecified atom stereocenters. The number of alkyl halides is 1. The fourth-order valence-corrected chi connectivity index (χ4v) is 4.46. The van der Waals surface area contributed by atoms with Crippen molar-refractivity contribution in [1.82, 2.24) is 0 Å². The third-order valence-corrected chi connectivity index (χ3v) is 6.54. The standard InChI is InChI=1S/C29H35FN2/c1-21(28(3,4)23-16-11-13-18-25(23)31-7)15-9-8-10-20-27-29(5,6)24-17-12-14-19-26(24)32(27)22(2)30/h8-20,22,31H,1H2,2-7H3/b10-8+,15-9+,27-20+. The fraction of sp³-hybridized carbons (Fsp3) is 0.310. The molecular weight excluding hydrogens is 395 g/mol. The molecule has 1 aliphatic rings. The average Bonchev–Trinajstić information content (AvgIpc) is 3.00. The second-order valence-corrected chi connectivity index (χ2v) is 9.33. The molecule has 0 fully saturated rings. The molecule has 2 aromatic carbocycles. The lowest BCUT2D eigenvalue weighted by Crippen LogP contribution is -2.30. The van der Waals surface area contributed by atoms with Gasteiger partial charge in [-0.15, -0.1) is 0 Å². The van der Waals surface area contributed by atoms with Gasteiger partial charge in [-0.2, -0.15) is 0 Å². The number of para-hydroxylation sites is 2. The van der Waals surface area contributed by atoms with Crippen molar-refractivity contribution in [3.63, 3.8) is 0 Å². The Labute approximate surface area is 192 Å². The maximum atomic E-state index is 14.5. The van der Waals surface area contributed by atoms with Gasteiger partial charge in [0.1, 0.15) is 0 Å². The molecule has 1 aliphatic heterocycles. The molecule has 0 spiro atoms. The summed E-state index contributed by atoms with van der Waals surface area (Å²) in [6.07, 6.45) is 8.94. The topological polar surface area (TPSA) is 15.3 Å². The van der Waals surface area contributed by atoms with Crippen LogP contribution < -0.4 is 10.2 Å². The van der Waals surface area contributed by atoms with Gasteiger partial charge in [-0.3, -0.25) is 0 Å². The molecule has 3 rings (SSSR count). The van der Waals surface area contributed by atoms with E-state index in [4.69, 9.17) is 0 Å². The van der Waals surface area contributed by atoms with Crippen molar-refractivity contribution in [1.29, 1.82) is 0 Å². The Hall–Kier alpha value is -3.07. The number of rotatable bonds is 7. The van der Waals surface area contributed by atoms with Crippen LogP contribution in [0.3, 0.4) is 0 Å². The average molecular weight is 431 g/mol. The summed E-state index contributed by atoms with van der Waals surface area (Å²) in [6.45, 7) is 14.6. The summed E-state index contributed by atoms with van der Waals surface area (Å²) in [7, 11) is 1.94. The number of allylic oxidation sites excluding steroid dienone is 7. The number of halogens is 1. The van der Waals surface area contributed by atoms with Crippen LogP contribution in [0.5, 0.6) is 0 Å². The second kappa shape index (κ2) is 9.20. The quantitative estimate of drug-likeness (QED) is 0.358. The maximum absolute atomic E-state index is 14.5. The van der Waals surface area contributed by atoms with Crippen LogP contribution >= 0.6 is 0 Å². The van der Waals surface area contributed by atoms with E-state index in [2.05, 4.69) is 63.9 Å². The molecule has 0 amide bonds. The zero-order chi connectivity index (χ0) is 23.5. The van der Waals surface area contributed by atoms with Crippen molar-refractivity contribution in [2.45, 2.75) is 51.7 Å². The molecule has 0 aliphatic carbocycles. The first kappa shape index (κ1) is 23.6. The number of nitrogens with one attached hydrogen (secondary N) is 1. The van der Waals surface area contributed by atoms with Crippen LogP contribution in [-0.2, 0) is 10.8 Å². The molecule has 1 atom stereocenters. The second-order valence-electron chi connectivity index (χ2n) is 9.33. The number of hydrogen-bond acceptors (Lipinski definition) is 2. The number of nitrogens with zero attached hydrogens (tertiary/aromatic N) is 1. The lowest BCUT2D eigenvalue weighted by atomic mass is 9.77.